The standard InChI is InChI=1S/C22H21N5S/c23-7-9-27-22-17(5-3-8-26-22)15-10-16(13-24)21(25)18(11-15)20-12-14-4-1-2-6-19(14)28-20/h1-6,8,10-13,24H,7,9,23,25H2,(H,26,27). The lowest BCUT2D eigenvalue weighted by Crippen LogP contribution is -2.14. The van der Waals surface area contributed by atoms with Crippen LogP contribution in [0.4, 0.5) is 11.5 Å². The zero-order valence-corrected chi connectivity index (χ0v) is 16.1. The number of benzene rings is 2. The monoisotopic (exact) mass is 387 g/mol. The summed E-state index contributed by atoms with van der Waals surface area (Å²) in [5.74, 6) is 0.774. The lowest BCUT2D eigenvalue weighted by Gasteiger charge is -2.14. The quantitative estimate of drug-likeness (QED) is 0.287. The van der Waals surface area contributed by atoms with Gasteiger partial charge in [0, 0.05) is 57.5 Å². The van der Waals surface area contributed by atoms with Gasteiger partial charge in [0.25, 0.3) is 0 Å². The highest BCUT2D eigenvalue weighted by molar-refractivity contribution is 7.22. The van der Waals surface area contributed by atoms with Crippen molar-refractivity contribution in [3.05, 3.63) is 66.4 Å². The molecule has 0 atom stereocenters. The van der Waals surface area contributed by atoms with E-state index in [0.29, 0.717) is 24.3 Å². The fraction of sp³-hybridized carbons (Fsp3) is 0.0909. The van der Waals surface area contributed by atoms with Gasteiger partial charge in [-0.1, -0.05) is 18.2 Å². The van der Waals surface area contributed by atoms with Crippen molar-refractivity contribution in [1.82, 2.24) is 4.98 Å². The fourth-order valence-electron chi connectivity index (χ4n) is 3.24. The zero-order valence-electron chi connectivity index (χ0n) is 15.3. The van der Waals surface area contributed by atoms with Gasteiger partial charge in [0.1, 0.15) is 5.82 Å². The fourth-order valence-corrected chi connectivity index (χ4v) is 4.33. The molecule has 2 aromatic carbocycles. The van der Waals surface area contributed by atoms with Gasteiger partial charge in [-0.05, 0) is 47.3 Å². The lowest BCUT2D eigenvalue weighted by atomic mass is 9.97. The van der Waals surface area contributed by atoms with E-state index in [2.05, 4.69) is 34.6 Å². The highest BCUT2D eigenvalue weighted by Crippen LogP contribution is 2.40. The molecular formula is C22H21N5S. The van der Waals surface area contributed by atoms with Gasteiger partial charge in [0.05, 0.1) is 0 Å². The number of nitrogens with zero attached hydrogens (tertiary/aromatic N) is 1. The second-order valence-electron chi connectivity index (χ2n) is 6.43. The van der Waals surface area contributed by atoms with E-state index in [1.54, 1.807) is 17.5 Å². The predicted octanol–water partition coefficient (Wildman–Crippen LogP) is 4.58. The average Bonchev–Trinajstić information content (AvgIpc) is 3.16. The molecule has 0 radical (unpaired) electrons. The van der Waals surface area contributed by atoms with Gasteiger partial charge in [0.15, 0.2) is 0 Å². The largest absolute Gasteiger partial charge is 0.398 e. The van der Waals surface area contributed by atoms with Crippen molar-refractivity contribution >= 4 is 39.1 Å². The lowest BCUT2D eigenvalue weighted by molar-refractivity contribution is 1.01. The number of hydrogen-bond acceptors (Lipinski definition) is 6. The molecule has 0 aliphatic carbocycles. The molecule has 0 aliphatic heterocycles. The van der Waals surface area contributed by atoms with Gasteiger partial charge < -0.3 is 22.2 Å². The molecule has 0 fully saturated rings. The average molecular weight is 388 g/mol. The van der Waals surface area contributed by atoms with Gasteiger partial charge >= 0.3 is 0 Å². The van der Waals surface area contributed by atoms with Crippen LogP contribution >= 0.6 is 11.3 Å². The van der Waals surface area contributed by atoms with Crippen LogP contribution in [0.15, 0.2) is 60.8 Å². The van der Waals surface area contributed by atoms with Gasteiger partial charge in [-0.25, -0.2) is 4.98 Å². The molecule has 140 valence electrons. The SMILES string of the molecule is N=Cc1cc(-c2cccnc2NCCN)cc(-c2cc3ccccc3s2)c1N. The Hall–Kier alpha value is -3.22. The minimum Gasteiger partial charge on any atom is -0.398 e. The van der Waals surface area contributed by atoms with Crippen molar-refractivity contribution in [3.63, 3.8) is 0 Å². The number of aromatic nitrogens is 1. The first-order chi connectivity index (χ1) is 13.7. The number of fused-ring (bicyclic) bond motifs is 1. The smallest absolute Gasteiger partial charge is 0.133 e. The first kappa shape index (κ1) is 18.2. The van der Waals surface area contributed by atoms with Crippen molar-refractivity contribution < 1.29 is 0 Å². The van der Waals surface area contributed by atoms with Crippen LogP contribution in [-0.2, 0) is 0 Å². The van der Waals surface area contributed by atoms with Crippen LogP contribution in [0, 0.1) is 5.41 Å². The minimum atomic E-state index is 0.524. The second kappa shape index (κ2) is 7.80. The van der Waals surface area contributed by atoms with E-state index in [4.69, 9.17) is 16.9 Å². The van der Waals surface area contributed by atoms with Crippen LogP contribution in [0.25, 0.3) is 31.7 Å². The van der Waals surface area contributed by atoms with Crippen LogP contribution in [0.3, 0.4) is 0 Å². The summed E-state index contributed by atoms with van der Waals surface area (Å²) in [5, 5.41) is 12.3. The van der Waals surface area contributed by atoms with Crippen LogP contribution in [0.5, 0.6) is 0 Å². The van der Waals surface area contributed by atoms with E-state index in [-0.39, 0.29) is 0 Å². The summed E-state index contributed by atoms with van der Waals surface area (Å²) in [5.41, 5.74) is 16.2. The number of anilines is 2. The summed E-state index contributed by atoms with van der Waals surface area (Å²) < 4.78 is 1.21. The number of nitrogens with one attached hydrogen (secondary N) is 2. The molecule has 0 saturated heterocycles. The Labute approximate surface area is 167 Å². The third kappa shape index (κ3) is 3.35. The molecule has 28 heavy (non-hydrogen) atoms. The normalized spacial score (nSPS) is 10.9. The first-order valence-corrected chi connectivity index (χ1v) is 9.85. The van der Waals surface area contributed by atoms with Crippen LogP contribution in [0.1, 0.15) is 5.56 Å². The maximum Gasteiger partial charge on any atom is 0.133 e. The molecule has 0 amide bonds. The molecule has 4 rings (SSSR count). The Morgan fingerprint density at radius 1 is 1.07 bits per heavy atom. The third-order valence-electron chi connectivity index (χ3n) is 4.61. The van der Waals surface area contributed by atoms with E-state index in [1.807, 2.05) is 30.3 Å². The van der Waals surface area contributed by atoms with Gasteiger partial charge in [-0.3, -0.25) is 0 Å². The highest BCUT2D eigenvalue weighted by atomic mass is 32.1. The molecule has 5 nitrogen and oxygen atoms in total. The van der Waals surface area contributed by atoms with Crippen LogP contribution < -0.4 is 16.8 Å². The minimum absolute atomic E-state index is 0.524. The summed E-state index contributed by atoms with van der Waals surface area (Å²) in [6, 6.07) is 18.4. The van der Waals surface area contributed by atoms with Crippen LogP contribution in [-0.4, -0.2) is 24.3 Å². The zero-order chi connectivity index (χ0) is 19.5. The molecule has 2 aromatic heterocycles. The maximum absolute atomic E-state index is 7.83. The number of hydrogen-bond donors (Lipinski definition) is 4. The van der Waals surface area contributed by atoms with E-state index in [9.17, 15) is 0 Å². The molecular weight excluding hydrogens is 366 g/mol. The van der Waals surface area contributed by atoms with Gasteiger partial charge in [0.2, 0.25) is 0 Å². The number of rotatable bonds is 6. The van der Waals surface area contributed by atoms with Crippen molar-refractivity contribution in [2.24, 2.45) is 5.73 Å². The summed E-state index contributed by atoms with van der Waals surface area (Å²) in [6.45, 7) is 1.16. The van der Waals surface area contributed by atoms with E-state index in [1.165, 1.54) is 16.3 Å². The summed E-state index contributed by atoms with van der Waals surface area (Å²) in [4.78, 5) is 5.54. The van der Waals surface area contributed by atoms with Crippen LogP contribution in [0.2, 0.25) is 0 Å². The summed E-state index contributed by atoms with van der Waals surface area (Å²) in [7, 11) is 0. The van der Waals surface area contributed by atoms with Crippen molar-refractivity contribution in [3.8, 4) is 21.6 Å². The number of nitrogens with two attached hydrogens (primary N) is 2. The Kier molecular flexibility index (Phi) is 5.06. The molecule has 6 heteroatoms. The molecule has 4 aromatic rings. The topological polar surface area (TPSA) is 101 Å². The summed E-state index contributed by atoms with van der Waals surface area (Å²) >= 11 is 1.70. The van der Waals surface area contributed by atoms with E-state index >= 15 is 0 Å². The maximum atomic E-state index is 7.83. The van der Waals surface area contributed by atoms with Crippen molar-refractivity contribution in [2.75, 3.05) is 24.1 Å². The molecule has 2 heterocycles. The Balaban J connectivity index is 1.89. The number of thiophene rings is 1. The second-order valence-corrected chi connectivity index (χ2v) is 7.52. The van der Waals surface area contributed by atoms with E-state index in [0.717, 1.165) is 27.4 Å². The Morgan fingerprint density at radius 2 is 1.93 bits per heavy atom. The molecule has 6 N–H and O–H groups in total. The van der Waals surface area contributed by atoms with Crippen molar-refractivity contribution in [2.45, 2.75) is 0 Å². The summed E-state index contributed by atoms with van der Waals surface area (Å²) in [6.07, 6.45) is 3.06. The van der Waals surface area contributed by atoms with Gasteiger partial charge in [-0.2, -0.15) is 0 Å². The predicted molar refractivity (Wildman–Crippen MR) is 120 cm³/mol. The molecule has 0 unspecified atom stereocenters. The van der Waals surface area contributed by atoms with E-state index < -0.39 is 0 Å². The Bertz CT molecular complexity index is 1120. The van der Waals surface area contributed by atoms with Crippen molar-refractivity contribution in [1.29, 1.82) is 5.41 Å². The Morgan fingerprint density at radius 3 is 2.71 bits per heavy atom. The molecule has 0 bridgehead atoms. The molecule has 0 saturated carbocycles. The highest BCUT2D eigenvalue weighted by Gasteiger charge is 2.14. The third-order valence-corrected chi connectivity index (χ3v) is 5.76. The molecule has 0 spiro atoms. The van der Waals surface area contributed by atoms with Gasteiger partial charge in [-0.15, -0.1) is 11.3 Å². The first-order valence-electron chi connectivity index (χ1n) is 9.03. The number of pyridine rings is 1. The molecule has 0 aliphatic rings. The number of nitrogen functional groups attached to an aromatic ring is 1.